The van der Waals surface area contributed by atoms with Gasteiger partial charge in [-0.3, -0.25) is 9.59 Å². The molecule has 2 aromatic rings. The number of Topliss-reactive ketones (excluding diaryl/α,β-unsaturated/α-hetero) is 1. The van der Waals surface area contributed by atoms with Gasteiger partial charge < -0.3 is 19.5 Å². The number of aryl methyl sites for hydroxylation is 1. The van der Waals surface area contributed by atoms with Crippen LogP contribution in [0.5, 0.6) is 5.75 Å². The summed E-state index contributed by atoms with van der Waals surface area (Å²) < 4.78 is 10.3. The highest BCUT2D eigenvalue weighted by Crippen LogP contribution is 2.41. The van der Waals surface area contributed by atoms with Crippen LogP contribution in [-0.4, -0.2) is 49.1 Å². The number of benzene rings is 2. The molecule has 1 amide bonds. The number of nitrogens with zero attached hydrogens (tertiary/aromatic N) is 1. The van der Waals surface area contributed by atoms with Crippen LogP contribution in [0.15, 0.2) is 42.0 Å². The first kappa shape index (κ1) is 23.1. The van der Waals surface area contributed by atoms with Crippen LogP contribution in [0, 0.1) is 6.92 Å². The van der Waals surface area contributed by atoms with Gasteiger partial charge in [0.2, 0.25) is 0 Å². The molecule has 164 valence electrons. The Morgan fingerprint density at radius 3 is 2.45 bits per heavy atom. The highest BCUT2D eigenvalue weighted by Gasteiger charge is 2.46. The van der Waals surface area contributed by atoms with E-state index in [1.807, 2.05) is 0 Å². The summed E-state index contributed by atoms with van der Waals surface area (Å²) >= 11 is 12.3. The van der Waals surface area contributed by atoms with Gasteiger partial charge >= 0.3 is 0 Å². The van der Waals surface area contributed by atoms with E-state index in [1.165, 1.54) is 4.90 Å². The fraction of sp³-hybridized carbons (Fsp3) is 0.304. The monoisotopic (exact) mass is 463 g/mol. The summed E-state index contributed by atoms with van der Waals surface area (Å²) in [5.74, 6) is -1.06. The molecule has 6 nitrogen and oxygen atoms in total. The Labute approximate surface area is 191 Å². The SMILES string of the molecule is COCCCN1C(=O)C(=O)/C(=C(/O)c2ccc(OC)cc2C)C1c1ccc(Cl)c(Cl)c1. The third-order valence-electron chi connectivity index (χ3n) is 5.24. The van der Waals surface area contributed by atoms with Crippen molar-refractivity contribution < 1.29 is 24.2 Å². The minimum absolute atomic E-state index is 0.00840. The molecule has 0 aromatic heterocycles. The van der Waals surface area contributed by atoms with Crippen molar-refractivity contribution in [3.63, 3.8) is 0 Å². The van der Waals surface area contributed by atoms with Gasteiger partial charge in [0.25, 0.3) is 11.7 Å². The van der Waals surface area contributed by atoms with Crippen LogP contribution >= 0.6 is 23.2 Å². The average Bonchev–Trinajstić information content (AvgIpc) is 3.00. The van der Waals surface area contributed by atoms with Gasteiger partial charge in [-0.1, -0.05) is 29.3 Å². The largest absolute Gasteiger partial charge is 0.507 e. The van der Waals surface area contributed by atoms with E-state index in [9.17, 15) is 14.7 Å². The summed E-state index contributed by atoms with van der Waals surface area (Å²) in [5.41, 5.74) is 1.74. The molecule has 0 radical (unpaired) electrons. The van der Waals surface area contributed by atoms with Gasteiger partial charge in [-0.05, 0) is 54.8 Å². The van der Waals surface area contributed by atoms with Crippen LogP contribution in [-0.2, 0) is 14.3 Å². The molecule has 1 unspecified atom stereocenters. The normalized spacial score (nSPS) is 18.0. The Morgan fingerprint density at radius 1 is 1.10 bits per heavy atom. The standard InChI is InChI=1S/C23H23Cl2NO5/c1-13-11-15(31-3)6-7-16(13)21(27)19-20(14-5-8-17(24)18(25)12-14)26(9-4-10-30-2)23(29)22(19)28/h5-8,11-12,20,27H,4,9-10H2,1-3H3/b21-19+. The van der Waals surface area contributed by atoms with E-state index in [0.717, 1.165) is 0 Å². The number of hydrogen-bond donors (Lipinski definition) is 1. The molecule has 0 saturated carbocycles. The lowest BCUT2D eigenvalue weighted by molar-refractivity contribution is -0.140. The Balaban J connectivity index is 2.17. The van der Waals surface area contributed by atoms with Gasteiger partial charge in [-0.25, -0.2) is 0 Å². The van der Waals surface area contributed by atoms with Crippen LogP contribution < -0.4 is 4.74 Å². The van der Waals surface area contributed by atoms with Crippen LogP contribution in [0.3, 0.4) is 0 Å². The zero-order chi connectivity index (χ0) is 22.7. The second kappa shape index (κ2) is 9.73. The number of carbonyl (C=O) groups excluding carboxylic acids is 2. The number of ketones is 1. The van der Waals surface area contributed by atoms with Gasteiger partial charge in [0.15, 0.2) is 0 Å². The highest BCUT2D eigenvalue weighted by atomic mass is 35.5. The predicted molar refractivity (Wildman–Crippen MR) is 120 cm³/mol. The number of aliphatic hydroxyl groups excluding tert-OH is 1. The van der Waals surface area contributed by atoms with Crippen molar-refractivity contribution in [2.24, 2.45) is 0 Å². The van der Waals surface area contributed by atoms with Gasteiger partial charge in [0.05, 0.1) is 28.8 Å². The van der Waals surface area contributed by atoms with Crippen LogP contribution in [0.4, 0.5) is 0 Å². The van der Waals surface area contributed by atoms with Crippen LogP contribution in [0.1, 0.15) is 29.2 Å². The van der Waals surface area contributed by atoms with Gasteiger partial charge in [-0.15, -0.1) is 0 Å². The van der Waals surface area contributed by atoms with E-state index >= 15 is 0 Å². The summed E-state index contributed by atoms with van der Waals surface area (Å²) in [6, 6.07) is 9.21. The van der Waals surface area contributed by atoms with Crippen molar-refractivity contribution in [3.05, 3.63) is 68.7 Å². The van der Waals surface area contributed by atoms with Crippen LogP contribution in [0.25, 0.3) is 5.76 Å². The molecule has 1 N–H and O–H groups in total. The quantitative estimate of drug-likeness (QED) is 0.277. The summed E-state index contributed by atoms with van der Waals surface area (Å²) in [4.78, 5) is 27.3. The Kier molecular flexibility index (Phi) is 7.26. The Bertz CT molecular complexity index is 1050. The molecule has 2 aromatic carbocycles. The number of likely N-dealkylation sites (tertiary alicyclic amines) is 1. The minimum Gasteiger partial charge on any atom is -0.507 e. The summed E-state index contributed by atoms with van der Waals surface area (Å²) in [7, 11) is 3.11. The van der Waals surface area contributed by atoms with Gasteiger partial charge in [-0.2, -0.15) is 0 Å². The van der Waals surface area contributed by atoms with Gasteiger partial charge in [0, 0.05) is 25.8 Å². The summed E-state index contributed by atoms with van der Waals surface area (Å²) in [6.45, 7) is 2.50. The summed E-state index contributed by atoms with van der Waals surface area (Å²) in [6.07, 6.45) is 0.531. The highest BCUT2D eigenvalue weighted by molar-refractivity contribution is 6.47. The number of halogens is 2. The van der Waals surface area contributed by atoms with Crippen LogP contribution in [0.2, 0.25) is 10.0 Å². The molecule has 8 heteroatoms. The van der Waals surface area contributed by atoms with Crippen molar-refractivity contribution >= 4 is 40.7 Å². The molecule has 1 aliphatic rings. The van der Waals surface area contributed by atoms with Crippen molar-refractivity contribution in [1.29, 1.82) is 0 Å². The molecule has 0 aliphatic carbocycles. The molecule has 3 rings (SSSR count). The van der Waals surface area contributed by atoms with Crippen molar-refractivity contribution in [2.75, 3.05) is 27.4 Å². The molecule has 31 heavy (non-hydrogen) atoms. The summed E-state index contributed by atoms with van der Waals surface area (Å²) in [5, 5.41) is 11.8. The maximum Gasteiger partial charge on any atom is 0.295 e. The lowest BCUT2D eigenvalue weighted by Gasteiger charge is -2.25. The first-order valence-corrected chi connectivity index (χ1v) is 10.4. The van der Waals surface area contributed by atoms with E-state index in [0.29, 0.717) is 45.5 Å². The molecular formula is C23H23Cl2NO5. The maximum absolute atomic E-state index is 13.0. The lowest BCUT2D eigenvalue weighted by Crippen LogP contribution is -2.31. The molecular weight excluding hydrogens is 441 g/mol. The molecule has 1 heterocycles. The second-order valence-corrected chi connectivity index (χ2v) is 8.01. The van der Waals surface area contributed by atoms with Gasteiger partial charge in [0.1, 0.15) is 11.5 Å². The first-order valence-electron chi connectivity index (χ1n) is 9.67. The molecule has 1 saturated heterocycles. The number of amides is 1. The zero-order valence-electron chi connectivity index (χ0n) is 17.4. The van der Waals surface area contributed by atoms with Crippen molar-refractivity contribution in [3.8, 4) is 5.75 Å². The molecule has 1 aliphatic heterocycles. The number of ether oxygens (including phenoxy) is 2. The second-order valence-electron chi connectivity index (χ2n) is 7.19. The average molecular weight is 464 g/mol. The predicted octanol–water partition coefficient (Wildman–Crippen LogP) is 4.77. The maximum atomic E-state index is 13.0. The number of carbonyl (C=O) groups is 2. The minimum atomic E-state index is -0.798. The van der Waals surface area contributed by atoms with Crippen molar-refractivity contribution in [2.45, 2.75) is 19.4 Å². The van der Waals surface area contributed by atoms with Crippen molar-refractivity contribution in [1.82, 2.24) is 4.90 Å². The number of rotatable bonds is 7. The molecule has 0 bridgehead atoms. The first-order chi connectivity index (χ1) is 14.8. The van der Waals surface area contributed by atoms with E-state index in [4.69, 9.17) is 32.7 Å². The van der Waals surface area contributed by atoms with E-state index in [1.54, 1.807) is 57.5 Å². The smallest absolute Gasteiger partial charge is 0.295 e. The Morgan fingerprint density at radius 2 is 1.84 bits per heavy atom. The topological polar surface area (TPSA) is 76.1 Å². The lowest BCUT2D eigenvalue weighted by atomic mass is 9.94. The van der Waals surface area contributed by atoms with E-state index in [2.05, 4.69) is 0 Å². The number of methoxy groups -OCH3 is 2. The molecule has 0 spiro atoms. The molecule has 1 fully saturated rings. The third-order valence-corrected chi connectivity index (χ3v) is 5.97. The number of aliphatic hydroxyl groups is 1. The van der Waals surface area contributed by atoms with E-state index in [-0.39, 0.29) is 17.9 Å². The Hall–Kier alpha value is -2.54. The third kappa shape index (κ3) is 4.56. The molecule has 1 atom stereocenters. The van der Waals surface area contributed by atoms with E-state index < -0.39 is 17.7 Å². The fourth-order valence-corrected chi connectivity index (χ4v) is 4.00. The zero-order valence-corrected chi connectivity index (χ0v) is 19.0. The number of hydrogen-bond acceptors (Lipinski definition) is 5. The fourth-order valence-electron chi connectivity index (χ4n) is 3.69.